The van der Waals surface area contributed by atoms with Gasteiger partial charge in [0.15, 0.2) is 0 Å². The number of benzene rings is 2. The molecule has 0 aliphatic rings. The van der Waals surface area contributed by atoms with Crippen LogP contribution in [0.4, 0.5) is 5.69 Å². The molecule has 0 aliphatic carbocycles. The van der Waals surface area contributed by atoms with Crippen LogP contribution in [0.25, 0.3) is 0 Å². The maximum atomic E-state index is 12.0. The second-order valence-electron chi connectivity index (χ2n) is 4.80. The fraction of sp³-hybridized carbons (Fsp3) is 0.188. The van der Waals surface area contributed by atoms with E-state index in [0.717, 1.165) is 21.7 Å². The molecule has 1 amide bonds. The Bertz CT molecular complexity index is 616. The maximum Gasteiger partial charge on any atom is 0.242 e. The van der Waals surface area contributed by atoms with E-state index in [1.165, 1.54) is 0 Å². The van der Waals surface area contributed by atoms with Gasteiger partial charge in [0.05, 0.1) is 5.92 Å². The Kier molecular flexibility index (Phi) is 5.25. The van der Waals surface area contributed by atoms with Crippen LogP contribution in [0, 0.1) is 6.92 Å². The summed E-state index contributed by atoms with van der Waals surface area (Å²) in [7, 11) is 0. The van der Waals surface area contributed by atoms with Crippen molar-refractivity contribution in [3.8, 4) is 0 Å². The van der Waals surface area contributed by atoms with Crippen LogP contribution in [0.15, 0.2) is 53.4 Å². The number of hydrazine groups is 1. The van der Waals surface area contributed by atoms with Gasteiger partial charge in [-0.05, 0) is 36.2 Å². The largest absolute Gasteiger partial charge is 0.399 e. The Balaban J connectivity index is 2.12. The minimum Gasteiger partial charge on any atom is -0.399 e. The maximum absolute atomic E-state index is 12.0. The van der Waals surface area contributed by atoms with Gasteiger partial charge in [0.1, 0.15) is 0 Å². The zero-order valence-electron chi connectivity index (χ0n) is 11.9. The predicted molar refractivity (Wildman–Crippen MR) is 87.8 cm³/mol. The highest BCUT2D eigenvalue weighted by Crippen LogP contribution is 2.28. The van der Waals surface area contributed by atoms with Crippen molar-refractivity contribution in [2.24, 2.45) is 5.84 Å². The number of thioether (sulfide) groups is 1. The summed E-state index contributed by atoms with van der Waals surface area (Å²) < 4.78 is 0. The quantitative estimate of drug-likeness (QED) is 0.260. The van der Waals surface area contributed by atoms with Crippen molar-refractivity contribution in [1.82, 2.24) is 5.43 Å². The normalized spacial score (nSPS) is 11.9. The number of nitrogen functional groups attached to an aromatic ring is 1. The molecule has 2 rings (SSSR count). The highest BCUT2D eigenvalue weighted by atomic mass is 32.2. The van der Waals surface area contributed by atoms with Crippen LogP contribution in [-0.4, -0.2) is 11.7 Å². The van der Waals surface area contributed by atoms with Crippen molar-refractivity contribution in [2.45, 2.75) is 17.7 Å². The Morgan fingerprint density at radius 1 is 1.24 bits per heavy atom. The molecule has 0 radical (unpaired) electrons. The second-order valence-corrected chi connectivity index (χ2v) is 5.89. The highest BCUT2D eigenvalue weighted by molar-refractivity contribution is 7.99. The summed E-state index contributed by atoms with van der Waals surface area (Å²) in [6.45, 7) is 1.97. The smallest absolute Gasteiger partial charge is 0.242 e. The molecule has 0 saturated carbocycles. The van der Waals surface area contributed by atoms with E-state index in [9.17, 15) is 4.79 Å². The molecule has 2 aromatic carbocycles. The number of rotatable bonds is 5. The fourth-order valence-corrected chi connectivity index (χ4v) is 3.15. The summed E-state index contributed by atoms with van der Waals surface area (Å²) in [6, 6.07) is 15.5. The molecule has 0 aromatic heterocycles. The Hall–Kier alpha value is -1.98. The number of aryl methyl sites for hydroxylation is 1. The lowest BCUT2D eigenvalue weighted by molar-refractivity contribution is -0.122. The molecule has 21 heavy (non-hydrogen) atoms. The number of amides is 1. The first kappa shape index (κ1) is 15.4. The van der Waals surface area contributed by atoms with Gasteiger partial charge in [0, 0.05) is 16.3 Å². The molecule has 1 unspecified atom stereocenters. The van der Waals surface area contributed by atoms with Crippen molar-refractivity contribution in [2.75, 3.05) is 11.5 Å². The molecule has 5 N–H and O–H groups in total. The third kappa shape index (κ3) is 4.00. The molecular formula is C16H19N3OS. The molecule has 4 nitrogen and oxygen atoms in total. The van der Waals surface area contributed by atoms with Crippen LogP contribution in [-0.2, 0) is 4.79 Å². The molecule has 2 aromatic rings. The number of nitrogens with two attached hydrogens (primary N) is 2. The van der Waals surface area contributed by atoms with Crippen molar-refractivity contribution < 1.29 is 4.79 Å². The van der Waals surface area contributed by atoms with Gasteiger partial charge in [-0.15, -0.1) is 11.8 Å². The monoisotopic (exact) mass is 301 g/mol. The zero-order chi connectivity index (χ0) is 15.2. The highest BCUT2D eigenvalue weighted by Gasteiger charge is 2.19. The van der Waals surface area contributed by atoms with Crippen LogP contribution < -0.4 is 17.0 Å². The summed E-state index contributed by atoms with van der Waals surface area (Å²) >= 11 is 1.62. The predicted octanol–water partition coefficient (Wildman–Crippen LogP) is 2.44. The number of hydrogen-bond donors (Lipinski definition) is 3. The summed E-state index contributed by atoms with van der Waals surface area (Å²) in [5, 5.41) is 0. The molecular weight excluding hydrogens is 282 g/mol. The van der Waals surface area contributed by atoms with Crippen LogP contribution in [0.1, 0.15) is 17.0 Å². The van der Waals surface area contributed by atoms with E-state index < -0.39 is 0 Å². The molecule has 0 fully saturated rings. The van der Waals surface area contributed by atoms with Gasteiger partial charge in [-0.3, -0.25) is 10.2 Å². The van der Waals surface area contributed by atoms with E-state index in [4.69, 9.17) is 11.6 Å². The molecule has 5 heteroatoms. The van der Waals surface area contributed by atoms with Crippen LogP contribution in [0.5, 0.6) is 0 Å². The first-order chi connectivity index (χ1) is 10.1. The minimum atomic E-state index is -0.279. The van der Waals surface area contributed by atoms with Crippen molar-refractivity contribution in [1.29, 1.82) is 0 Å². The zero-order valence-corrected chi connectivity index (χ0v) is 12.7. The van der Waals surface area contributed by atoms with Crippen LogP contribution in [0.3, 0.4) is 0 Å². The van der Waals surface area contributed by atoms with E-state index in [-0.39, 0.29) is 11.8 Å². The standard InChI is InChI=1S/C16H19N3OS/c1-11-9-13(7-8-15(11)17)21-10-14(16(20)19-18)12-5-3-2-4-6-12/h2-9,14H,10,17-18H2,1H3,(H,19,20). The molecule has 0 bridgehead atoms. The fourth-order valence-electron chi connectivity index (χ4n) is 2.03. The third-order valence-electron chi connectivity index (χ3n) is 3.32. The van der Waals surface area contributed by atoms with Gasteiger partial charge in [0.25, 0.3) is 0 Å². The Morgan fingerprint density at radius 2 is 1.95 bits per heavy atom. The van der Waals surface area contributed by atoms with Gasteiger partial charge in [0.2, 0.25) is 5.91 Å². The van der Waals surface area contributed by atoms with Gasteiger partial charge >= 0.3 is 0 Å². The van der Waals surface area contributed by atoms with Crippen molar-refractivity contribution >= 4 is 23.4 Å². The van der Waals surface area contributed by atoms with Gasteiger partial charge in [-0.1, -0.05) is 30.3 Å². The lowest BCUT2D eigenvalue weighted by Crippen LogP contribution is -2.35. The summed E-state index contributed by atoms with van der Waals surface area (Å²) in [5.41, 5.74) is 10.8. The third-order valence-corrected chi connectivity index (χ3v) is 4.41. The Morgan fingerprint density at radius 3 is 2.57 bits per heavy atom. The molecule has 0 aliphatic heterocycles. The van der Waals surface area contributed by atoms with E-state index in [0.29, 0.717) is 5.75 Å². The van der Waals surface area contributed by atoms with Crippen LogP contribution in [0.2, 0.25) is 0 Å². The van der Waals surface area contributed by atoms with Gasteiger partial charge in [-0.25, -0.2) is 5.84 Å². The number of carbonyl (C=O) groups is 1. The van der Waals surface area contributed by atoms with E-state index in [1.807, 2.05) is 55.5 Å². The Labute approximate surface area is 128 Å². The lowest BCUT2D eigenvalue weighted by atomic mass is 10.0. The molecule has 0 saturated heterocycles. The van der Waals surface area contributed by atoms with Crippen molar-refractivity contribution in [3.63, 3.8) is 0 Å². The van der Waals surface area contributed by atoms with E-state index in [2.05, 4.69) is 5.43 Å². The topological polar surface area (TPSA) is 81.1 Å². The van der Waals surface area contributed by atoms with Crippen molar-refractivity contribution in [3.05, 3.63) is 59.7 Å². The number of carbonyl (C=O) groups excluding carboxylic acids is 1. The first-order valence-electron chi connectivity index (χ1n) is 6.66. The summed E-state index contributed by atoms with van der Waals surface area (Å²) in [5.74, 6) is 5.46. The molecule has 0 heterocycles. The van der Waals surface area contributed by atoms with Gasteiger partial charge < -0.3 is 5.73 Å². The molecule has 110 valence electrons. The van der Waals surface area contributed by atoms with Crippen LogP contribution >= 0.6 is 11.8 Å². The molecule has 0 spiro atoms. The average Bonchev–Trinajstić information content (AvgIpc) is 2.51. The number of hydrogen-bond acceptors (Lipinski definition) is 4. The second kappa shape index (κ2) is 7.15. The minimum absolute atomic E-state index is 0.180. The summed E-state index contributed by atoms with van der Waals surface area (Å²) in [4.78, 5) is 13.1. The number of anilines is 1. The first-order valence-corrected chi connectivity index (χ1v) is 7.64. The summed E-state index contributed by atoms with van der Waals surface area (Å²) in [6.07, 6.45) is 0. The van der Waals surface area contributed by atoms with Gasteiger partial charge in [-0.2, -0.15) is 0 Å². The average molecular weight is 301 g/mol. The number of nitrogens with one attached hydrogen (secondary N) is 1. The molecule has 1 atom stereocenters. The van der Waals surface area contributed by atoms with E-state index in [1.54, 1.807) is 11.8 Å². The lowest BCUT2D eigenvalue weighted by Gasteiger charge is -2.15. The SMILES string of the molecule is Cc1cc(SCC(C(=O)NN)c2ccccc2)ccc1N. The van der Waals surface area contributed by atoms with E-state index >= 15 is 0 Å².